The van der Waals surface area contributed by atoms with Crippen molar-refractivity contribution in [2.75, 3.05) is 17.8 Å². The van der Waals surface area contributed by atoms with E-state index in [4.69, 9.17) is 0 Å². The summed E-state index contributed by atoms with van der Waals surface area (Å²) in [5.41, 5.74) is 1.06. The fraction of sp³-hybridized carbons (Fsp3) is 0.300. The molecule has 2 heterocycles. The number of rotatable bonds is 4. The average molecular weight is 414 g/mol. The molecule has 0 saturated carbocycles. The van der Waals surface area contributed by atoms with Gasteiger partial charge in [-0.05, 0) is 49.1 Å². The molecule has 2 aromatic carbocycles. The van der Waals surface area contributed by atoms with Crippen LogP contribution in [-0.2, 0) is 10.0 Å². The second kappa shape index (κ2) is 7.40. The highest BCUT2D eigenvalue weighted by atomic mass is 32.2. The summed E-state index contributed by atoms with van der Waals surface area (Å²) in [5.74, 6) is 0.243. The Kier molecular flexibility index (Phi) is 4.91. The van der Waals surface area contributed by atoms with Gasteiger partial charge >= 0.3 is 5.69 Å². The number of fused-ring (bicyclic) bond motifs is 1. The number of anilines is 1. The van der Waals surface area contributed by atoms with Crippen LogP contribution < -0.4 is 10.4 Å². The Morgan fingerprint density at radius 3 is 2.69 bits per heavy atom. The Labute approximate surface area is 168 Å². The largest absolute Gasteiger partial charge is 0.338 e. The number of nitrogens with one attached hydrogen (secondary N) is 3. The standard InChI is InChI=1S/C20H22N4O4S/c1-13-5-4-10-24(12-13)19(25)15-6-2-3-7-16(15)23-29(27,28)14-8-9-17-18(11-14)22-20(26)21-17/h2-3,6-9,11,13,23H,4-5,10,12H2,1H3,(H2,21,22,26). The summed E-state index contributed by atoms with van der Waals surface area (Å²) in [6, 6.07) is 10.9. The van der Waals surface area contributed by atoms with Crippen molar-refractivity contribution in [3.8, 4) is 0 Å². The zero-order chi connectivity index (χ0) is 20.6. The van der Waals surface area contributed by atoms with E-state index in [9.17, 15) is 18.0 Å². The van der Waals surface area contributed by atoms with Gasteiger partial charge in [-0.25, -0.2) is 13.2 Å². The first kappa shape index (κ1) is 19.3. The SMILES string of the molecule is CC1CCCN(C(=O)c2ccccc2NS(=O)(=O)c2ccc3[nH]c(=O)[nH]c3c2)C1. The van der Waals surface area contributed by atoms with E-state index in [0.717, 1.165) is 12.8 Å². The molecule has 1 saturated heterocycles. The van der Waals surface area contributed by atoms with Crippen LogP contribution in [0.15, 0.2) is 52.2 Å². The molecule has 1 unspecified atom stereocenters. The van der Waals surface area contributed by atoms with Crippen molar-refractivity contribution in [2.24, 2.45) is 5.92 Å². The van der Waals surface area contributed by atoms with Gasteiger partial charge in [0.2, 0.25) is 0 Å². The fourth-order valence-electron chi connectivity index (χ4n) is 3.69. The first-order chi connectivity index (χ1) is 13.8. The zero-order valence-electron chi connectivity index (χ0n) is 15.9. The number of carbonyl (C=O) groups excluding carboxylic acids is 1. The van der Waals surface area contributed by atoms with Crippen LogP contribution in [0.1, 0.15) is 30.1 Å². The van der Waals surface area contributed by atoms with Gasteiger partial charge in [0, 0.05) is 13.1 Å². The molecule has 3 N–H and O–H groups in total. The summed E-state index contributed by atoms with van der Waals surface area (Å²) < 4.78 is 28.4. The number of imidazole rings is 1. The summed E-state index contributed by atoms with van der Waals surface area (Å²) in [4.78, 5) is 31.3. The van der Waals surface area contributed by atoms with Gasteiger partial charge in [-0.3, -0.25) is 9.52 Å². The van der Waals surface area contributed by atoms with Gasteiger partial charge in [-0.15, -0.1) is 0 Å². The maximum absolute atomic E-state index is 13.0. The third kappa shape index (κ3) is 3.91. The third-order valence-electron chi connectivity index (χ3n) is 5.14. The number of para-hydroxylation sites is 1. The summed E-state index contributed by atoms with van der Waals surface area (Å²) in [5, 5.41) is 0. The van der Waals surface area contributed by atoms with Crippen molar-refractivity contribution in [2.45, 2.75) is 24.7 Å². The molecule has 3 aromatic rings. The highest BCUT2D eigenvalue weighted by Crippen LogP contribution is 2.25. The molecule has 1 aliphatic heterocycles. The molecule has 1 atom stereocenters. The Morgan fingerprint density at radius 2 is 1.90 bits per heavy atom. The predicted molar refractivity (Wildman–Crippen MR) is 110 cm³/mol. The van der Waals surface area contributed by atoms with Gasteiger partial charge in [0.05, 0.1) is 27.2 Å². The lowest BCUT2D eigenvalue weighted by molar-refractivity contribution is 0.0684. The van der Waals surface area contributed by atoms with E-state index in [1.165, 1.54) is 18.2 Å². The highest BCUT2D eigenvalue weighted by Gasteiger charge is 2.25. The summed E-state index contributed by atoms with van der Waals surface area (Å²) in [7, 11) is -3.95. The molecule has 1 aliphatic rings. The maximum atomic E-state index is 13.0. The van der Waals surface area contributed by atoms with Gasteiger partial charge in [-0.2, -0.15) is 0 Å². The maximum Gasteiger partial charge on any atom is 0.323 e. The second-order valence-electron chi connectivity index (χ2n) is 7.44. The van der Waals surface area contributed by atoms with Crippen molar-refractivity contribution in [1.29, 1.82) is 0 Å². The molecule has 1 aromatic heterocycles. The van der Waals surface area contributed by atoms with E-state index < -0.39 is 15.7 Å². The molecule has 0 radical (unpaired) electrons. The van der Waals surface area contributed by atoms with Crippen LogP contribution in [0.3, 0.4) is 0 Å². The number of amides is 1. The average Bonchev–Trinajstić information content (AvgIpc) is 3.07. The highest BCUT2D eigenvalue weighted by molar-refractivity contribution is 7.92. The van der Waals surface area contributed by atoms with Crippen molar-refractivity contribution < 1.29 is 13.2 Å². The summed E-state index contributed by atoms with van der Waals surface area (Å²) in [6.07, 6.45) is 2.03. The lowest BCUT2D eigenvalue weighted by Gasteiger charge is -2.31. The minimum atomic E-state index is -3.95. The van der Waals surface area contributed by atoms with E-state index in [1.54, 1.807) is 29.2 Å². The van der Waals surface area contributed by atoms with Crippen LogP contribution in [0.2, 0.25) is 0 Å². The molecular weight excluding hydrogens is 392 g/mol. The molecule has 9 heteroatoms. The molecule has 8 nitrogen and oxygen atoms in total. The first-order valence-corrected chi connectivity index (χ1v) is 10.9. The Balaban J connectivity index is 1.64. The molecule has 0 aliphatic carbocycles. The normalized spacial score (nSPS) is 17.4. The topological polar surface area (TPSA) is 115 Å². The lowest BCUT2D eigenvalue weighted by Crippen LogP contribution is -2.39. The lowest BCUT2D eigenvalue weighted by atomic mass is 9.99. The van der Waals surface area contributed by atoms with Crippen LogP contribution in [0.4, 0.5) is 5.69 Å². The monoisotopic (exact) mass is 414 g/mol. The number of piperidine rings is 1. The number of aromatic nitrogens is 2. The van der Waals surface area contributed by atoms with Crippen LogP contribution in [0.25, 0.3) is 11.0 Å². The van der Waals surface area contributed by atoms with Gasteiger partial charge in [0.25, 0.3) is 15.9 Å². The molecule has 1 amide bonds. The molecular formula is C20H22N4O4S. The fourth-order valence-corrected chi connectivity index (χ4v) is 4.79. The van der Waals surface area contributed by atoms with Gasteiger partial charge in [-0.1, -0.05) is 19.1 Å². The quantitative estimate of drug-likeness (QED) is 0.608. The Hall–Kier alpha value is -3.07. The third-order valence-corrected chi connectivity index (χ3v) is 6.51. The van der Waals surface area contributed by atoms with Crippen molar-refractivity contribution in [3.05, 3.63) is 58.5 Å². The molecule has 29 heavy (non-hydrogen) atoms. The van der Waals surface area contributed by atoms with Crippen molar-refractivity contribution >= 4 is 32.7 Å². The van der Waals surface area contributed by atoms with Crippen molar-refractivity contribution in [1.82, 2.24) is 14.9 Å². The minimum absolute atomic E-state index is 0.00547. The summed E-state index contributed by atoms with van der Waals surface area (Å²) in [6.45, 7) is 3.44. The predicted octanol–water partition coefficient (Wildman–Crippen LogP) is 2.53. The molecule has 1 fully saturated rings. The van der Waals surface area contributed by atoms with Crippen LogP contribution in [-0.4, -0.2) is 42.3 Å². The number of likely N-dealkylation sites (tertiary alicyclic amines) is 1. The molecule has 4 rings (SSSR count). The molecule has 0 spiro atoms. The van der Waals surface area contributed by atoms with Crippen LogP contribution in [0.5, 0.6) is 0 Å². The smallest absolute Gasteiger partial charge is 0.323 e. The number of nitrogens with zero attached hydrogens (tertiary/aromatic N) is 1. The number of carbonyl (C=O) groups is 1. The van der Waals surface area contributed by atoms with Crippen LogP contribution in [0, 0.1) is 5.92 Å². The van der Waals surface area contributed by atoms with Gasteiger partial charge in [0.1, 0.15) is 0 Å². The van der Waals surface area contributed by atoms with Gasteiger partial charge < -0.3 is 14.9 Å². The molecule has 0 bridgehead atoms. The number of hydrogen-bond acceptors (Lipinski definition) is 4. The zero-order valence-corrected chi connectivity index (χ0v) is 16.8. The number of aromatic amines is 2. The number of hydrogen-bond donors (Lipinski definition) is 3. The van der Waals surface area contributed by atoms with Crippen LogP contribution >= 0.6 is 0 Å². The Morgan fingerprint density at radius 1 is 1.14 bits per heavy atom. The second-order valence-corrected chi connectivity index (χ2v) is 9.12. The minimum Gasteiger partial charge on any atom is -0.338 e. The first-order valence-electron chi connectivity index (χ1n) is 9.47. The Bertz CT molecular complexity index is 1230. The van der Waals surface area contributed by atoms with E-state index in [-0.39, 0.29) is 16.5 Å². The van der Waals surface area contributed by atoms with Gasteiger partial charge in [0.15, 0.2) is 0 Å². The number of benzene rings is 2. The molecule has 152 valence electrons. The summed E-state index contributed by atoms with van der Waals surface area (Å²) >= 11 is 0. The number of sulfonamides is 1. The van der Waals surface area contributed by atoms with E-state index in [1.807, 2.05) is 0 Å². The van der Waals surface area contributed by atoms with Crippen molar-refractivity contribution in [3.63, 3.8) is 0 Å². The van der Waals surface area contributed by atoms with E-state index in [0.29, 0.717) is 35.6 Å². The number of H-pyrrole nitrogens is 2. The van der Waals surface area contributed by atoms with E-state index in [2.05, 4.69) is 21.6 Å². The van der Waals surface area contributed by atoms with E-state index >= 15 is 0 Å².